The number of carbonyl (C=O) groups is 1. The van der Waals surface area contributed by atoms with Crippen molar-refractivity contribution in [2.24, 2.45) is 0 Å². The maximum Gasteiger partial charge on any atom is 0.221 e. The molecule has 1 atom stereocenters. The number of benzene rings is 1. The van der Waals surface area contributed by atoms with E-state index in [2.05, 4.69) is 10.6 Å². The maximum atomic E-state index is 11.9. The fourth-order valence-corrected chi connectivity index (χ4v) is 2.63. The average Bonchev–Trinajstić information content (AvgIpc) is 2.98. The smallest absolute Gasteiger partial charge is 0.221 e. The second-order valence-electron chi connectivity index (χ2n) is 5.25. The first-order valence-electron chi connectivity index (χ1n) is 7.20. The molecular formula is C15H20N2O3. The van der Waals surface area contributed by atoms with Crippen LogP contribution >= 0.6 is 0 Å². The molecule has 0 radical (unpaired) electrons. The molecule has 0 bridgehead atoms. The van der Waals surface area contributed by atoms with Crippen molar-refractivity contribution in [3.8, 4) is 11.5 Å². The van der Waals surface area contributed by atoms with Crippen molar-refractivity contribution in [1.29, 1.82) is 0 Å². The first-order valence-corrected chi connectivity index (χ1v) is 7.20. The van der Waals surface area contributed by atoms with Crippen LogP contribution in [0.15, 0.2) is 18.2 Å². The summed E-state index contributed by atoms with van der Waals surface area (Å²) in [6, 6.07) is 6.13. The molecule has 1 saturated heterocycles. The zero-order valence-electron chi connectivity index (χ0n) is 11.5. The van der Waals surface area contributed by atoms with Gasteiger partial charge >= 0.3 is 0 Å². The molecule has 0 aliphatic carbocycles. The Kier molecular flexibility index (Phi) is 4.06. The molecule has 108 valence electrons. The molecule has 0 saturated carbocycles. The number of nitrogens with one attached hydrogen (secondary N) is 2. The Morgan fingerprint density at radius 2 is 2.15 bits per heavy atom. The van der Waals surface area contributed by atoms with E-state index in [1.54, 1.807) is 0 Å². The highest BCUT2D eigenvalue weighted by molar-refractivity contribution is 5.76. The van der Waals surface area contributed by atoms with Gasteiger partial charge in [-0.3, -0.25) is 4.79 Å². The summed E-state index contributed by atoms with van der Waals surface area (Å²) in [6.45, 7) is 2.73. The maximum absolute atomic E-state index is 11.9. The van der Waals surface area contributed by atoms with Crippen molar-refractivity contribution in [1.82, 2.24) is 10.6 Å². The predicted octanol–water partition coefficient (Wildman–Crippen LogP) is 1.22. The van der Waals surface area contributed by atoms with E-state index >= 15 is 0 Å². The lowest BCUT2D eigenvalue weighted by Gasteiger charge is -2.19. The summed E-state index contributed by atoms with van der Waals surface area (Å²) in [5, 5.41) is 6.29. The molecule has 2 N–H and O–H groups in total. The Hall–Kier alpha value is -1.75. The molecule has 5 heteroatoms. The van der Waals surface area contributed by atoms with E-state index in [9.17, 15) is 4.79 Å². The zero-order valence-corrected chi connectivity index (χ0v) is 11.5. The number of carbonyl (C=O) groups excluding carboxylic acids is 1. The lowest BCUT2D eigenvalue weighted by Crippen LogP contribution is -2.31. The molecule has 1 fully saturated rings. The van der Waals surface area contributed by atoms with Crippen molar-refractivity contribution >= 4 is 5.91 Å². The van der Waals surface area contributed by atoms with E-state index in [0.29, 0.717) is 32.2 Å². The number of rotatable bonds is 4. The third-order valence-electron chi connectivity index (χ3n) is 3.69. The fourth-order valence-electron chi connectivity index (χ4n) is 2.63. The van der Waals surface area contributed by atoms with Gasteiger partial charge in [0.15, 0.2) is 11.5 Å². The number of hydrogen-bond acceptors (Lipinski definition) is 4. The first-order chi connectivity index (χ1) is 9.81. The van der Waals surface area contributed by atoms with Crippen molar-refractivity contribution < 1.29 is 14.3 Å². The van der Waals surface area contributed by atoms with Gasteiger partial charge in [-0.1, -0.05) is 6.07 Å². The van der Waals surface area contributed by atoms with E-state index in [1.165, 1.54) is 6.42 Å². The normalized spacial score (nSPS) is 20.7. The van der Waals surface area contributed by atoms with Gasteiger partial charge in [-0.25, -0.2) is 0 Å². The van der Waals surface area contributed by atoms with E-state index in [4.69, 9.17) is 9.47 Å². The molecule has 20 heavy (non-hydrogen) atoms. The van der Waals surface area contributed by atoms with Crippen LogP contribution in [-0.2, 0) is 11.3 Å². The topological polar surface area (TPSA) is 59.6 Å². The molecule has 3 rings (SSSR count). The largest absolute Gasteiger partial charge is 0.486 e. The molecule has 2 aliphatic rings. The van der Waals surface area contributed by atoms with Crippen molar-refractivity contribution in [2.45, 2.75) is 31.8 Å². The Morgan fingerprint density at radius 3 is 2.95 bits per heavy atom. The monoisotopic (exact) mass is 276 g/mol. The highest BCUT2D eigenvalue weighted by Crippen LogP contribution is 2.30. The second kappa shape index (κ2) is 6.13. The van der Waals surface area contributed by atoms with Crippen molar-refractivity contribution in [2.75, 3.05) is 19.8 Å². The van der Waals surface area contributed by atoms with Gasteiger partial charge in [-0.15, -0.1) is 0 Å². The fraction of sp³-hybridized carbons (Fsp3) is 0.533. The summed E-state index contributed by atoms with van der Waals surface area (Å²) in [4.78, 5) is 11.9. The van der Waals surface area contributed by atoms with Gasteiger partial charge in [0.2, 0.25) is 5.91 Å². The first kappa shape index (κ1) is 13.2. The molecule has 0 spiro atoms. The summed E-state index contributed by atoms with van der Waals surface area (Å²) in [5.74, 6) is 1.64. The lowest BCUT2D eigenvalue weighted by atomic mass is 10.1. The van der Waals surface area contributed by atoms with Gasteiger partial charge < -0.3 is 20.1 Å². The quantitative estimate of drug-likeness (QED) is 0.868. The van der Waals surface area contributed by atoms with E-state index in [0.717, 1.165) is 30.0 Å². The molecule has 2 aliphatic heterocycles. The summed E-state index contributed by atoms with van der Waals surface area (Å²) in [5.41, 5.74) is 1.03. The van der Waals surface area contributed by atoms with Gasteiger partial charge in [0.1, 0.15) is 13.2 Å². The molecule has 1 amide bonds. The van der Waals surface area contributed by atoms with Crippen LogP contribution in [0.3, 0.4) is 0 Å². The molecule has 1 aromatic rings. The number of amides is 1. The Morgan fingerprint density at radius 1 is 1.30 bits per heavy atom. The van der Waals surface area contributed by atoms with Gasteiger partial charge in [-0.2, -0.15) is 0 Å². The standard InChI is InChI=1S/C15H20N2O3/c18-15(9-12-2-1-5-16-12)17-10-11-3-4-13-14(8-11)20-7-6-19-13/h3-4,8,12,16H,1-2,5-7,9-10H2,(H,17,18). The minimum atomic E-state index is 0.0966. The van der Waals surface area contributed by atoms with Crippen LogP contribution in [0.1, 0.15) is 24.8 Å². The molecule has 1 unspecified atom stereocenters. The van der Waals surface area contributed by atoms with E-state index in [-0.39, 0.29) is 5.91 Å². The van der Waals surface area contributed by atoms with Gasteiger partial charge in [0.25, 0.3) is 0 Å². The molecule has 5 nitrogen and oxygen atoms in total. The number of fused-ring (bicyclic) bond motifs is 1. The summed E-state index contributed by atoms with van der Waals surface area (Å²) in [6.07, 6.45) is 2.82. The van der Waals surface area contributed by atoms with Crippen LogP contribution < -0.4 is 20.1 Å². The van der Waals surface area contributed by atoms with Crippen molar-refractivity contribution in [3.05, 3.63) is 23.8 Å². The van der Waals surface area contributed by atoms with Crippen LogP contribution in [-0.4, -0.2) is 31.7 Å². The van der Waals surface area contributed by atoms with Crippen LogP contribution in [0, 0.1) is 0 Å². The summed E-state index contributed by atoms with van der Waals surface area (Å²) < 4.78 is 11.0. The van der Waals surface area contributed by atoms with Crippen molar-refractivity contribution in [3.63, 3.8) is 0 Å². The average molecular weight is 276 g/mol. The third-order valence-corrected chi connectivity index (χ3v) is 3.69. The van der Waals surface area contributed by atoms with E-state index < -0.39 is 0 Å². The molecule has 1 aromatic carbocycles. The van der Waals surface area contributed by atoms with Crippen LogP contribution in [0.5, 0.6) is 11.5 Å². The Labute approximate surface area is 118 Å². The van der Waals surface area contributed by atoms with Crippen LogP contribution in [0.2, 0.25) is 0 Å². The third kappa shape index (κ3) is 3.22. The van der Waals surface area contributed by atoms with Gasteiger partial charge in [-0.05, 0) is 37.1 Å². The van der Waals surface area contributed by atoms with Crippen LogP contribution in [0.25, 0.3) is 0 Å². The summed E-state index contributed by atoms with van der Waals surface area (Å²) in [7, 11) is 0. The lowest BCUT2D eigenvalue weighted by molar-refractivity contribution is -0.121. The Balaban J connectivity index is 1.51. The number of ether oxygens (including phenoxy) is 2. The minimum absolute atomic E-state index is 0.0966. The predicted molar refractivity (Wildman–Crippen MR) is 74.9 cm³/mol. The molecule has 2 heterocycles. The highest BCUT2D eigenvalue weighted by Gasteiger charge is 2.17. The minimum Gasteiger partial charge on any atom is -0.486 e. The highest BCUT2D eigenvalue weighted by atomic mass is 16.6. The summed E-state index contributed by atoms with van der Waals surface area (Å²) >= 11 is 0. The van der Waals surface area contributed by atoms with Crippen LogP contribution in [0.4, 0.5) is 0 Å². The van der Waals surface area contributed by atoms with Gasteiger partial charge in [0, 0.05) is 19.0 Å². The number of hydrogen-bond donors (Lipinski definition) is 2. The van der Waals surface area contributed by atoms with E-state index in [1.807, 2.05) is 18.2 Å². The molecule has 0 aromatic heterocycles. The molecular weight excluding hydrogens is 256 g/mol. The Bertz CT molecular complexity index is 484. The SMILES string of the molecule is O=C(CC1CCCN1)NCc1ccc2c(c1)OCCO2. The van der Waals surface area contributed by atoms with Gasteiger partial charge in [0.05, 0.1) is 0 Å². The second-order valence-corrected chi connectivity index (χ2v) is 5.25. The zero-order chi connectivity index (χ0) is 13.8.